The van der Waals surface area contributed by atoms with Gasteiger partial charge in [0.05, 0.1) is 5.60 Å². The quantitative estimate of drug-likeness (QED) is 0.519. The number of carbonyl (C=O) groups is 1. The molecule has 130 valence electrons. The second-order valence-electron chi connectivity index (χ2n) is 6.98. The van der Waals surface area contributed by atoms with Crippen molar-refractivity contribution in [2.45, 2.75) is 80.1 Å². The Balaban J connectivity index is 5.63. The lowest BCUT2D eigenvalue weighted by Crippen LogP contribution is -2.66. The topological polar surface area (TPSA) is 56.8 Å². The van der Waals surface area contributed by atoms with Gasteiger partial charge in [-0.15, -0.1) is 0 Å². The molecule has 0 saturated carbocycles. The number of amides is 1. The molecule has 0 aromatic carbocycles. The number of hydrogen-bond donors (Lipinski definition) is 1. The molecule has 0 unspecified atom stereocenters. The molecule has 0 heterocycles. The van der Waals surface area contributed by atoms with E-state index in [0.717, 1.165) is 0 Å². The molecule has 0 aromatic heterocycles. The third-order valence-electron chi connectivity index (χ3n) is 3.22. The van der Waals surface area contributed by atoms with Gasteiger partial charge in [-0.1, -0.05) is 20.4 Å². The van der Waals surface area contributed by atoms with Crippen LogP contribution >= 0.6 is 0 Å². The average molecular weight is 332 g/mol. The van der Waals surface area contributed by atoms with E-state index in [1.165, 1.54) is 0 Å². The first-order valence-corrected chi connectivity index (χ1v) is 9.57. The summed E-state index contributed by atoms with van der Waals surface area (Å²) in [5.41, 5.74) is -0.110. The number of rotatable bonds is 9. The Morgan fingerprint density at radius 3 is 1.73 bits per heavy atom. The summed E-state index contributed by atoms with van der Waals surface area (Å²) in [6.45, 7) is 21.0. The fraction of sp³-hybridized carbons (Fsp3) is 0.812. The van der Waals surface area contributed by atoms with Crippen molar-refractivity contribution >= 4 is 14.9 Å². The molecule has 6 heteroatoms. The lowest BCUT2D eigenvalue weighted by molar-refractivity contribution is -0.120. The molecule has 0 saturated heterocycles. The molecule has 0 aromatic rings. The van der Waals surface area contributed by atoms with Crippen LogP contribution < -0.4 is 4.98 Å². The van der Waals surface area contributed by atoms with Gasteiger partial charge in [0.15, 0.2) is 0 Å². The molecule has 22 heavy (non-hydrogen) atoms. The molecule has 0 spiro atoms. The first-order chi connectivity index (χ1) is 9.81. The second-order valence-corrected chi connectivity index (χ2v) is 9.02. The summed E-state index contributed by atoms with van der Waals surface area (Å²) in [4.78, 5) is 15.0. The van der Waals surface area contributed by atoms with Crippen LogP contribution in [-0.2, 0) is 18.1 Å². The maximum atomic E-state index is 12.2. The molecule has 0 rings (SSSR count). The van der Waals surface area contributed by atoms with Gasteiger partial charge in [0.25, 0.3) is 0 Å². The molecule has 0 aliphatic rings. The van der Waals surface area contributed by atoms with Crippen molar-refractivity contribution in [3.63, 3.8) is 0 Å². The third kappa shape index (κ3) is 7.04. The Kier molecular flexibility index (Phi) is 7.98. The zero-order chi connectivity index (χ0) is 17.7. The highest BCUT2D eigenvalue weighted by Gasteiger charge is 2.51. The van der Waals surface area contributed by atoms with Crippen LogP contribution in [0.5, 0.6) is 0 Å². The number of hydrogen-bond acceptors (Lipinski definition) is 4. The van der Waals surface area contributed by atoms with Gasteiger partial charge in [-0.05, 0) is 54.4 Å². The Morgan fingerprint density at radius 2 is 1.45 bits per heavy atom. The van der Waals surface area contributed by atoms with Crippen molar-refractivity contribution in [1.82, 2.24) is 4.98 Å². The van der Waals surface area contributed by atoms with Crippen molar-refractivity contribution < 1.29 is 18.1 Å². The SMILES string of the molecule is C=C(C)C(=O)N[Si](OC(C)C)(OC(C)C)OC(C)(C)C(C)C. The van der Waals surface area contributed by atoms with Crippen LogP contribution in [0.1, 0.15) is 62.3 Å². The van der Waals surface area contributed by atoms with Crippen molar-refractivity contribution in [1.29, 1.82) is 0 Å². The highest BCUT2D eigenvalue weighted by atomic mass is 28.4. The summed E-state index contributed by atoms with van der Waals surface area (Å²) in [5.74, 6) is -0.0832. The van der Waals surface area contributed by atoms with Crippen molar-refractivity contribution in [3.05, 3.63) is 12.2 Å². The minimum Gasteiger partial charge on any atom is -0.354 e. The van der Waals surface area contributed by atoms with E-state index in [1.807, 2.05) is 41.5 Å². The van der Waals surface area contributed by atoms with E-state index in [-0.39, 0.29) is 24.0 Å². The number of nitrogens with one attached hydrogen (secondary N) is 1. The van der Waals surface area contributed by atoms with E-state index in [4.69, 9.17) is 13.3 Å². The van der Waals surface area contributed by atoms with Crippen LogP contribution in [0.2, 0.25) is 0 Å². The fourth-order valence-corrected chi connectivity index (χ4v) is 4.47. The van der Waals surface area contributed by atoms with Crippen LogP contribution in [0.3, 0.4) is 0 Å². The molecular formula is C16H33NO4Si. The van der Waals surface area contributed by atoms with Gasteiger partial charge >= 0.3 is 8.97 Å². The maximum Gasteiger partial charge on any atom is 0.634 e. The maximum absolute atomic E-state index is 12.2. The molecule has 0 fully saturated rings. The van der Waals surface area contributed by atoms with Crippen molar-refractivity contribution in [2.24, 2.45) is 5.92 Å². The normalized spacial score (nSPS) is 13.1. The van der Waals surface area contributed by atoms with Gasteiger partial charge in [0, 0.05) is 17.8 Å². The van der Waals surface area contributed by atoms with Crippen molar-refractivity contribution in [2.75, 3.05) is 0 Å². The Morgan fingerprint density at radius 1 is 1.05 bits per heavy atom. The zero-order valence-corrected chi connectivity index (χ0v) is 16.6. The van der Waals surface area contributed by atoms with Crippen LogP contribution in [0.4, 0.5) is 0 Å². The molecule has 1 N–H and O–H groups in total. The van der Waals surface area contributed by atoms with E-state index in [0.29, 0.717) is 5.57 Å². The van der Waals surface area contributed by atoms with Gasteiger partial charge in [-0.3, -0.25) is 4.79 Å². The van der Waals surface area contributed by atoms with Gasteiger partial charge in [-0.2, -0.15) is 0 Å². The predicted octanol–water partition coefficient (Wildman–Crippen LogP) is 3.42. The summed E-state index contributed by atoms with van der Waals surface area (Å²) in [5, 5.41) is 0. The summed E-state index contributed by atoms with van der Waals surface area (Å²) < 4.78 is 18.2. The summed E-state index contributed by atoms with van der Waals surface area (Å²) in [7, 11) is -3.41. The third-order valence-corrected chi connectivity index (χ3v) is 6.12. The standard InChI is InChI=1S/C16H33NO4Si/c1-11(2)15(18)17-22(19-13(5)6,20-14(7)8)21-16(9,10)12(3)4/h12-14H,1H2,2-10H3,(H,17,18). The monoisotopic (exact) mass is 331 g/mol. The molecular weight excluding hydrogens is 298 g/mol. The molecule has 5 nitrogen and oxygen atoms in total. The first kappa shape index (κ1) is 21.3. The van der Waals surface area contributed by atoms with Gasteiger partial charge in [0.1, 0.15) is 0 Å². The number of carbonyl (C=O) groups excluding carboxylic acids is 1. The summed E-state index contributed by atoms with van der Waals surface area (Å²) in [6, 6.07) is 0. The fourth-order valence-electron chi connectivity index (χ4n) is 1.49. The smallest absolute Gasteiger partial charge is 0.354 e. The van der Waals surface area contributed by atoms with E-state index in [1.54, 1.807) is 6.92 Å². The average Bonchev–Trinajstić information content (AvgIpc) is 2.24. The largest absolute Gasteiger partial charge is 0.634 e. The Bertz CT molecular complexity index is 382. The van der Waals surface area contributed by atoms with Crippen LogP contribution in [0, 0.1) is 5.92 Å². The van der Waals surface area contributed by atoms with E-state index in [9.17, 15) is 4.79 Å². The lowest BCUT2D eigenvalue weighted by atomic mass is 9.95. The Hall–Kier alpha value is -0.693. The van der Waals surface area contributed by atoms with Crippen LogP contribution in [0.25, 0.3) is 0 Å². The van der Waals surface area contributed by atoms with Gasteiger partial charge in [-0.25, -0.2) is 0 Å². The van der Waals surface area contributed by atoms with E-state index in [2.05, 4.69) is 25.4 Å². The molecule has 0 atom stereocenters. The predicted molar refractivity (Wildman–Crippen MR) is 91.2 cm³/mol. The van der Waals surface area contributed by atoms with E-state index >= 15 is 0 Å². The van der Waals surface area contributed by atoms with Crippen molar-refractivity contribution in [3.8, 4) is 0 Å². The first-order valence-electron chi connectivity index (χ1n) is 7.85. The summed E-state index contributed by atoms with van der Waals surface area (Å²) >= 11 is 0. The van der Waals surface area contributed by atoms with Crippen LogP contribution in [-0.4, -0.2) is 32.7 Å². The zero-order valence-electron chi connectivity index (χ0n) is 15.6. The molecule has 1 amide bonds. The van der Waals surface area contributed by atoms with Crippen LogP contribution in [0.15, 0.2) is 12.2 Å². The lowest BCUT2D eigenvalue weighted by Gasteiger charge is -2.40. The second kappa shape index (κ2) is 8.24. The minimum absolute atomic E-state index is 0.140. The van der Waals surface area contributed by atoms with Gasteiger partial charge < -0.3 is 18.3 Å². The molecule has 0 radical (unpaired) electrons. The highest BCUT2D eigenvalue weighted by molar-refractivity contribution is 6.61. The molecule has 0 aliphatic carbocycles. The molecule has 0 bridgehead atoms. The highest BCUT2D eigenvalue weighted by Crippen LogP contribution is 2.27. The summed E-state index contributed by atoms with van der Waals surface area (Å²) in [6.07, 6.45) is -0.280. The Labute approximate surface area is 136 Å². The van der Waals surface area contributed by atoms with Gasteiger partial charge in [0.2, 0.25) is 5.91 Å². The van der Waals surface area contributed by atoms with E-state index < -0.39 is 14.6 Å². The minimum atomic E-state index is -3.41. The molecule has 0 aliphatic heterocycles.